The number of hydrogen-bond acceptors (Lipinski definition) is 3. The number of nitrogens with one attached hydrogen (secondary N) is 1. The number of aryl methyl sites for hydroxylation is 2. The summed E-state index contributed by atoms with van der Waals surface area (Å²) in [6, 6.07) is 0.331. The van der Waals surface area contributed by atoms with Crippen LogP contribution in [-0.4, -0.2) is 15.8 Å². The van der Waals surface area contributed by atoms with Gasteiger partial charge < -0.3 is 0 Å². The predicted octanol–water partition coefficient (Wildman–Crippen LogP) is 1.42. The van der Waals surface area contributed by atoms with Crippen LogP contribution in [-0.2, 0) is 19.9 Å². The number of nitrogens with two attached hydrogens (primary N) is 1. The average Bonchev–Trinajstić information content (AvgIpc) is 3.06. The van der Waals surface area contributed by atoms with Gasteiger partial charge in [0.15, 0.2) is 0 Å². The second kappa shape index (κ2) is 4.73. The summed E-state index contributed by atoms with van der Waals surface area (Å²) in [4.78, 5) is 0. The van der Waals surface area contributed by atoms with Crippen molar-refractivity contribution in [1.29, 1.82) is 0 Å². The molecule has 90 valence electrons. The quantitative estimate of drug-likeness (QED) is 0.607. The first-order valence-corrected chi connectivity index (χ1v) is 6.21. The third kappa shape index (κ3) is 2.24. The van der Waals surface area contributed by atoms with Crippen molar-refractivity contribution < 1.29 is 0 Å². The molecule has 4 nitrogen and oxygen atoms in total. The molecule has 1 fully saturated rings. The maximum Gasteiger partial charge on any atom is 0.0850 e. The van der Waals surface area contributed by atoms with E-state index in [-0.39, 0.29) is 0 Å². The molecule has 0 aromatic carbocycles. The Morgan fingerprint density at radius 1 is 1.62 bits per heavy atom. The van der Waals surface area contributed by atoms with Crippen molar-refractivity contribution in [3.8, 4) is 0 Å². The number of halogens is 1. The van der Waals surface area contributed by atoms with E-state index in [0.29, 0.717) is 12.0 Å². The number of aromatic nitrogens is 2. The summed E-state index contributed by atoms with van der Waals surface area (Å²) in [5.41, 5.74) is 4.96. The van der Waals surface area contributed by atoms with Crippen LogP contribution in [0.25, 0.3) is 0 Å². The Balaban J connectivity index is 2.16. The van der Waals surface area contributed by atoms with Gasteiger partial charge in [-0.1, -0.05) is 18.5 Å². The van der Waals surface area contributed by atoms with Gasteiger partial charge in [-0.05, 0) is 25.2 Å². The minimum Gasteiger partial charge on any atom is -0.271 e. The Morgan fingerprint density at radius 2 is 2.31 bits per heavy atom. The van der Waals surface area contributed by atoms with Gasteiger partial charge in [-0.25, -0.2) is 0 Å². The molecule has 0 saturated heterocycles. The topological polar surface area (TPSA) is 55.9 Å². The Morgan fingerprint density at radius 3 is 2.75 bits per heavy atom. The number of hydrazine groups is 1. The summed E-state index contributed by atoms with van der Waals surface area (Å²) in [6.07, 6.45) is 4.27. The van der Waals surface area contributed by atoms with Crippen molar-refractivity contribution in [2.24, 2.45) is 18.8 Å². The molecule has 0 bridgehead atoms. The molecule has 3 N–H and O–H groups in total. The molecule has 1 aromatic rings. The molecular weight excluding hydrogens is 224 g/mol. The van der Waals surface area contributed by atoms with Crippen LogP contribution in [0.4, 0.5) is 0 Å². The van der Waals surface area contributed by atoms with Crippen molar-refractivity contribution in [2.45, 2.75) is 38.6 Å². The minimum atomic E-state index is 0.331. The van der Waals surface area contributed by atoms with Crippen LogP contribution < -0.4 is 11.3 Å². The molecule has 1 heterocycles. The van der Waals surface area contributed by atoms with E-state index in [0.717, 1.165) is 29.3 Å². The molecule has 16 heavy (non-hydrogen) atoms. The molecule has 1 aromatic heterocycles. The summed E-state index contributed by atoms with van der Waals surface area (Å²) in [5.74, 6) is 6.29. The highest BCUT2D eigenvalue weighted by Gasteiger charge is 2.32. The van der Waals surface area contributed by atoms with Crippen LogP contribution in [0.5, 0.6) is 0 Å². The van der Waals surface area contributed by atoms with E-state index >= 15 is 0 Å². The fourth-order valence-corrected chi connectivity index (χ4v) is 2.48. The Hall–Kier alpha value is -0.580. The maximum atomic E-state index is 6.30. The fourth-order valence-electron chi connectivity index (χ4n) is 2.11. The number of rotatable bonds is 5. The SMILES string of the molecule is CCc1nn(C)c(CC(NN)C2CC2)c1Cl. The normalized spacial score (nSPS) is 17.8. The van der Waals surface area contributed by atoms with Crippen LogP contribution in [0.2, 0.25) is 5.02 Å². The molecule has 1 atom stereocenters. The second-order valence-corrected chi connectivity index (χ2v) is 4.88. The van der Waals surface area contributed by atoms with Gasteiger partial charge in [0.1, 0.15) is 0 Å². The van der Waals surface area contributed by atoms with Gasteiger partial charge in [-0.3, -0.25) is 16.0 Å². The van der Waals surface area contributed by atoms with Gasteiger partial charge in [0.05, 0.1) is 16.4 Å². The zero-order valence-electron chi connectivity index (χ0n) is 9.83. The predicted molar refractivity (Wildman–Crippen MR) is 65.1 cm³/mol. The summed E-state index contributed by atoms with van der Waals surface area (Å²) in [5, 5.41) is 5.22. The number of hydrogen-bond donors (Lipinski definition) is 2. The van der Waals surface area contributed by atoms with E-state index in [2.05, 4.69) is 17.4 Å². The minimum absolute atomic E-state index is 0.331. The van der Waals surface area contributed by atoms with Crippen molar-refractivity contribution in [2.75, 3.05) is 0 Å². The molecular formula is C11H19ClN4. The van der Waals surface area contributed by atoms with E-state index in [4.69, 9.17) is 17.4 Å². The molecule has 1 aliphatic rings. The molecule has 1 unspecified atom stereocenters. The zero-order chi connectivity index (χ0) is 11.7. The van der Waals surface area contributed by atoms with Gasteiger partial charge in [0, 0.05) is 19.5 Å². The van der Waals surface area contributed by atoms with Crippen LogP contribution >= 0.6 is 11.6 Å². The molecule has 1 aliphatic carbocycles. The monoisotopic (exact) mass is 242 g/mol. The molecule has 0 radical (unpaired) electrons. The van der Waals surface area contributed by atoms with Crippen LogP contribution in [0.15, 0.2) is 0 Å². The third-order valence-corrected chi connectivity index (χ3v) is 3.76. The first-order valence-electron chi connectivity index (χ1n) is 5.83. The lowest BCUT2D eigenvalue weighted by atomic mass is 10.1. The third-order valence-electron chi connectivity index (χ3n) is 3.32. The standard InChI is InChI=1S/C11H19ClN4/c1-3-8-11(12)10(16(2)15-8)6-9(14-13)7-4-5-7/h7,9,14H,3-6,13H2,1-2H3. The van der Waals surface area contributed by atoms with Gasteiger partial charge in [0.25, 0.3) is 0 Å². The average molecular weight is 243 g/mol. The highest BCUT2D eigenvalue weighted by atomic mass is 35.5. The second-order valence-electron chi connectivity index (χ2n) is 4.50. The van der Waals surface area contributed by atoms with Crippen LogP contribution in [0.3, 0.4) is 0 Å². The molecule has 2 rings (SSSR count). The highest BCUT2D eigenvalue weighted by molar-refractivity contribution is 6.31. The first-order chi connectivity index (χ1) is 7.67. The molecule has 1 saturated carbocycles. The summed E-state index contributed by atoms with van der Waals surface area (Å²) < 4.78 is 1.88. The first kappa shape index (κ1) is 11.9. The van der Waals surface area contributed by atoms with E-state index in [1.807, 2.05) is 11.7 Å². The molecule has 0 amide bonds. The smallest absolute Gasteiger partial charge is 0.0850 e. The maximum absolute atomic E-state index is 6.30. The van der Waals surface area contributed by atoms with Crippen molar-refractivity contribution in [3.63, 3.8) is 0 Å². The van der Waals surface area contributed by atoms with Crippen LogP contribution in [0, 0.1) is 5.92 Å². The lowest BCUT2D eigenvalue weighted by Crippen LogP contribution is -2.38. The van der Waals surface area contributed by atoms with E-state index in [1.165, 1.54) is 12.8 Å². The van der Waals surface area contributed by atoms with Crippen molar-refractivity contribution in [3.05, 3.63) is 16.4 Å². The van der Waals surface area contributed by atoms with Gasteiger partial charge in [0.2, 0.25) is 0 Å². The van der Waals surface area contributed by atoms with E-state index < -0.39 is 0 Å². The van der Waals surface area contributed by atoms with E-state index in [9.17, 15) is 0 Å². The Kier molecular flexibility index (Phi) is 3.52. The summed E-state index contributed by atoms with van der Waals surface area (Å²) in [7, 11) is 1.95. The van der Waals surface area contributed by atoms with Crippen molar-refractivity contribution in [1.82, 2.24) is 15.2 Å². The Labute approximate surface area is 101 Å². The van der Waals surface area contributed by atoms with Crippen LogP contribution in [0.1, 0.15) is 31.2 Å². The molecule has 0 spiro atoms. The van der Waals surface area contributed by atoms with E-state index in [1.54, 1.807) is 0 Å². The Bertz CT molecular complexity index is 370. The molecule has 0 aliphatic heterocycles. The van der Waals surface area contributed by atoms with Crippen molar-refractivity contribution >= 4 is 11.6 Å². The van der Waals surface area contributed by atoms with Gasteiger partial charge in [-0.15, -0.1) is 0 Å². The highest BCUT2D eigenvalue weighted by Crippen LogP contribution is 2.34. The van der Waals surface area contributed by atoms with Gasteiger partial charge >= 0.3 is 0 Å². The van der Waals surface area contributed by atoms with Gasteiger partial charge in [-0.2, -0.15) is 5.10 Å². The lowest BCUT2D eigenvalue weighted by molar-refractivity contribution is 0.460. The largest absolute Gasteiger partial charge is 0.271 e. The molecule has 5 heteroatoms. The number of nitrogens with zero attached hydrogens (tertiary/aromatic N) is 2. The summed E-state index contributed by atoms with van der Waals surface area (Å²) >= 11 is 6.30. The summed E-state index contributed by atoms with van der Waals surface area (Å²) in [6.45, 7) is 2.07. The lowest BCUT2D eigenvalue weighted by Gasteiger charge is -2.15. The fraction of sp³-hybridized carbons (Fsp3) is 0.727. The zero-order valence-corrected chi connectivity index (χ0v) is 10.6.